The van der Waals surface area contributed by atoms with E-state index < -0.39 is 0 Å². The first-order chi connectivity index (χ1) is 7.24. The number of aliphatic hydroxyl groups excluding tert-OH is 1. The highest BCUT2D eigenvalue weighted by Crippen LogP contribution is 2.12. The lowest BCUT2D eigenvalue weighted by Gasteiger charge is -2.19. The summed E-state index contributed by atoms with van der Waals surface area (Å²) in [5.41, 5.74) is 1.50. The van der Waals surface area contributed by atoms with E-state index in [1.54, 1.807) is 4.57 Å². The van der Waals surface area contributed by atoms with Crippen LogP contribution in [0.4, 0.5) is 0 Å². The molecule has 0 amide bonds. The molecule has 0 saturated carbocycles. The summed E-state index contributed by atoms with van der Waals surface area (Å²) in [6.07, 6.45) is 3.48. The average molecular weight is 208 g/mol. The minimum absolute atomic E-state index is 0.0110. The fourth-order valence-corrected chi connectivity index (χ4v) is 2.13. The molecule has 4 heteroatoms. The first-order valence-electron chi connectivity index (χ1n) is 5.44. The van der Waals surface area contributed by atoms with Crippen molar-refractivity contribution in [3.63, 3.8) is 0 Å². The average Bonchev–Trinajstić information content (AvgIpc) is 2.24. The zero-order valence-corrected chi connectivity index (χ0v) is 8.99. The fraction of sp³-hybridized carbons (Fsp3) is 0.636. The maximum atomic E-state index is 12.0. The smallest absolute Gasteiger partial charge is 0.257 e. The standard InChI is InChI=1S/C11H16N2O2/c1-8-9(5-7-14)11(15)13-6-3-2-4-10(13)12-8/h14H,2-7H2,1H3. The molecule has 0 radical (unpaired) electrons. The van der Waals surface area contributed by atoms with Crippen LogP contribution in [-0.2, 0) is 19.4 Å². The largest absolute Gasteiger partial charge is 0.396 e. The van der Waals surface area contributed by atoms with Gasteiger partial charge < -0.3 is 5.11 Å². The Labute approximate surface area is 88.6 Å². The Morgan fingerprint density at radius 1 is 1.47 bits per heavy atom. The Balaban J connectivity index is 2.54. The van der Waals surface area contributed by atoms with Crippen LogP contribution in [0, 0.1) is 6.92 Å². The van der Waals surface area contributed by atoms with Crippen molar-refractivity contribution in [3.8, 4) is 0 Å². The second-order valence-corrected chi connectivity index (χ2v) is 3.98. The van der Waals surface area contributed by atoms with Crippen molar-refractivity contribution < 1.29 is 5.11 Å². The van der Waals surface area contributed by atoms with Gasteiger partial charge in [0.2, 0.25) is 0 Å². The van der Waals surface area contributed by atoms with Crippen molar-refractivity contribution in [1.82, 2.24) is 9.55 Å². The number of aryl methyl sites for hydroxylation is 2. The molecular formula is C11H16N2O2. The maximum Gasteiger partial charge on any atom is 0.257 e. The molecule has 0 bridgehead atoms. The Morgan fingerprint density at radius 2 is 2.27 bits per heavy atom. The highest BCUT2D eigenvalue weighted by molar-refractivity contribution is 5.18. The number of fused-ring (bicyclic) bond motifs is 1. The van der Waals surface area contributed by atoms with Gasteiger partial charge in [-0.3, -0.25) is 9.36 Å². The number of hydrogen-bond donors (Lipinski definition) is 1. The molecule has 0 aliphatic carbocycles. The molecule has 1 aliphatic heterocycles. The molecule has 0 spiro atoms. The van der Waals surface area contributed by atoms with E-state index >= 15 is 0 Å². The summed E-state index contributed by atoms with van der Waals surface area (Å²) < 4.78 is 1.77. The summed E-state index contributed by atoms with van der Waals surface area (Å²) in [4.78, 5) is 16.5. The van der Waals surface area contributed by atoms with E-state index in [1.807, 2.05) is 6.92 Å². The van der Waals surface area contributed by atoms with Crippen LogP contribution >= 0.6 is 0 Å². The van der Waals surface area contributed by atoms with Crippen LogP contribution in [0.5, 0.6) is 0 Å². The molecule has 1 aliphatic rings. The predicted octanol–water partition coefficient (Wildman–Crippen LogP) is 0.423. The zero-order valence-electron chi connectivity index (χ0n) is 8.99. The lowest BCUT2D eigenvalue weighted by atomic mass is 10.1. The first-order valence-corrected chi connectivity index (χ1v) is 5.44. The van der Waals surface area contributed by atoms with Gasteiger partial charge in [-0.15, -0.1) is 0 Å². The summed E-state index contributed by atoms with van der Waals surface area (Å²) in [7, 11) is 0. The second kappa shape index (κ2) is 4.14. The monoisotopic (exact) mass is 208 g/mol. The van der Waals surface area contributed by atoms with E-state index in [4.69, 9.17) is 5.11 Å². The minimum Gasteiger partial charge on any atom is -0.396 e. The Hall–Kier alpha value is -1.16. The van der Waals surface area contributed by atoms with Crippen molar-refractivity contribution in [1.29, 1.82) is 0 Å². The van der Waals surface area contributed by atoms with Crippen molar-refractivity contribution in [2.45, 2.75) is 39.2 Å². The SMILES string of the molecule is Cc1nc2n(c(=O)c1CCO)CCCC2. The van der Waals surface area contributed by atoms with Crippen LogP contribution in [-0.4, -0.2) is 21.3 Å². The Kier molecular flexibility index (Phi) is 2.86. The van der Waals surface area contributed by atoms with Crippen molar-refractivity contribution in [2.75, 3.05) is 6.61 Å². The molecule has 4 nitrogen and oxygen atoms in total. The highest BCUT2D eigenvalue weighted by atomic mass is 16.3. The third-order valence-corrected chi connectivity index (χ3v) is 2.94. The summed E-state index contributed by atoms with van der Waals surface area (Å²) >= 11 is 0. The topological polar surface area (TPSA) is 55.1 Å². The van der Waals surface area contributed by atoms with E-state index in [-0.39, 0.29) is 12.2 Å². The van der Waals surface area contributed by atoms with Gasteiger partial charge in [0.1, 0.15) is 5.82 Å². The molecule has 0 aromatic carbocycles. The van der Waals surface area contributed by atoms with Crippen molar-refractivity contribution >= 4 is 0 Å². The third kappa shape index (κ3) is 1.81. The fourth-order valence-electron chi connectivity index (χ4n) is 2.13. The molecule has 0 atom stereocenters. The van der Waals surface area contributed by atoms with Gasteiger partial charge >= 0.3 is 0 Å². The molecule has 2 rings (SSSR count). The molecule has 82 valence electrons. The third-order valence-electron chi connectivity index (χ3n) is 2.94. The number of aliphatic hydroxyl groups is 1. The van der Waals surface area contributed by atoms with Crippen LogP contribution in [0.3, 0.4) is 0 Å². The van der Waals surface area contributed by atoms with E-state index in [9.17, 15) is 4.79 Å². The molecule has 1 N–H and O–H groups in total. The number of rotatable bonds is 2. The maximum absolute atomic E-state index is 12.0. The number of hydrogen-bond acceptors (Lipinski definition) is 3. The molecule has 1 aromatic rings. The Morgan fingerprint density at radius 3 is 3.00 bits per heavy atom. The van der Waals surface area contributed by atoms with Crippen LogP contribution < -0.4 is 5.56 Å². The van der Waals surface area contributed by atoms with Crippen LogP contribution in [0.25, 0.3) is 0 Å². The van der Waals surface area contributed by atoms with Gasteiger partial charge in [-0.05, 0) is 19.8 Å². The van der Waals surface area contributed by atoms with Gasteiger partial charge in [-0.25, -0.2) is 4.98 Å². The predicted molar refractivity (Wildman–Crippen MR) is 57.0 cm³/mol. The van der Waals surface area contributed by atoms with Gasteiger partial charge in [0.25, 0.3) is 5.56 Å². The number of aromatic nitrogens is 2. The van der Waals surface area contributed by atoms with Crippen LogP contribution in [0.1, 0.15) is 29.9 Å². The van der Waals surface area contributed by atoms with Gasteiger partial charge in [-0.1, -0.05) is 0 Å². The zero-order chi connectivity index (χ0) is 10.8. The molecule has 1 aromatic heterocycles. The second-order valence-electron chi connectivity index (χ2n) is 3.98. The molecule has 2 heterocycles. The number of nitrogens with zero attached hydrogens (tertiary/aromatic N) is 2. The molecule has 0 fully saturated rings. The van der Waals surface area contributed by atoms with Crippen molar-refractivity contribution in [3.05, 3.63) is 27.4 Å². The summed E-state index contributed by atoms with van der Waals surface area (Å²) in [6, 6.07) is 0. The van der Waals surface area contributed by atoms with Gasteiger partial charge in [-0.2, -0.15) is 0 Å². The lowest BCUT2D eigenvalue weighted by molar-refractivity contribution is 0.298. The molecular weight excluding hydrogens is 192 g/mol. The molecule has 0 unspecified atom stereocenters. The quantitative estimate of drug-likeness (QED) is 0.766. The summed E-state index contributed by atoms with van der Waals surface area (Å²) in [5, 5.41) is 8.90. The Bertz CT molecular complexity index is 423. The minimum atomic E-state index is 0.0110. The van der Waals surface area contributed by atoms with Crippen LogP contribution in [0.2, 0.25) is 0 Å². The lowest BCUT2D eigenvalue weighted by Crippen LogP contribution is -2.32. The highest BCUT2D eigenvalue weighted by Gasteiger charge is 2.16. The van der Waals surface area contributed by atoms with Gasteiger partial charge in [0.15, 0.2) is 0 Å². The van der Waals surface area contributed by atoms with E-state index in [1.165, 1.54) is 0 Å². The summed E-state index contributed by atoms with van der Waals surface area (Å²) in [5.74, 6) is 0.908. The van der Waals surface area contributed by atoms with Gasteiger partial charge in [0, 0.05) is 37.3 Å². The summed E-state index contributed by atoms with van der Waals surface area (Å²) in [6.45, 7) is 2.64. The van der Waals surface area contributed by atoms with Crippen LogP contribution in [0.15, 0.2) is 4.79 Å². The molecule has 0 saturated heterocycles. The molecule has 15 heavy (non-hydrogen) atoms. The first kappa shape index (κ1) is 10.4. The van der Waals surface area contributed by atoms with Gasteiger partial charge in [0.05, 0.1) is 0 Å². The normalized spacial score (nSPS) is 15.1. The van der Waals surface area contributed by atoms with E-state index in [0.29, 0.717) is 12.0 Å². The van der Waals surface area contributed by atoms with Crippen molar-refractivity contribution in [2.24, 2.45) is 0 Å². The van der Waals surface area contributed by atoms with E-state index in [0.717, 1.165) is 37.3 Å². The van der Waals surface area contributed by atoms with E-state index in [2.05, 4.69) is 4.98 Å².